The van der Waals surface area contributed by atoms with E-state index in [0.717, 1.165) is 37.1 Å². The van der Waals surface area contributed by atoms with Crippen LogP contribution in [0.15, 0.2) is 85.3 Å². The van der Waals surface area contributed by atoms with Crippen molar-refractivity contribution in [1.82, 2.24) is 4.57 Å². The van der Waals surface area contributed by atoms with E-state index in [1.807, 2.05) is 48.1 Å². The van der Waals surface area contributed by atoms with Gasteiger partial charge >= 0.3 is 5.97 Å². The number of nitrogens with zero attached hydrogens (tertiary/aromatic N) is 2. The summed E-state index contributed by atoms with van der Waals surface area (Å²) in [5.41, 5.74) is 2.95. The van der Waals surface area contributed by atoms with Crippen LogP contribution in [0.1, 0.15) is 35.2 Å². The van der Waals surface area contributed by atoms with Gasteiger partial charge in [0.1, 0.15) is 25.0 Å². The second-order valence-electron chi connectivity index (χ2n) is 7.96. The number of carbonyl (C=O) groups is 1. The van der Waals surface area contributed by atoms with Crippen molar-refractivity contribution in [2.45, 2.75) is 32.4 Å². The quantitative estimate of drug-likeness (QED) is 0.130. The number of esters is 1. The molecule has 0 N–H and O–H groups in total. The molecule has 0 saturated heterocycles. The first-order valence-corrected chi connectivity index (χ1v) is 11.1. The van der Waals surface area contributed by atoms with Gasteiger partial charge in [0.15, 0.2) is 12.4 Å². The number of ether oxygens (including phenoxy) is 2. The molecule has 2 heterocycles. The maximum atomic E-state index is 12.1. The van der Waals surface area contributed by atoms with Crippen LogP contribution in [0.5, 0.6) is 5.75 Å². The van der Waals surface area contributed by atoms with E-state index in [2.05, 4.69) is 41.1 Å². The fraction of sp³-hybridized carbons (Fsp3) is 0.259. The summed E-state index contributed by atoms with van der Waals surface area (Å²) >= 11 is 0. The molecule has 0 fully saturated rings. The highest BCUT2D eigenvalue weighted by Gasteiger charge is 2.10. The minimum absolute atomic E-state index is 0. The van der Waals surface area contributed by atoms with Crippen molar-refractivity contribution < 1.29 is 42.8 Å². The first-order valence-electron chi connectivity index (χ1n) is 11.1. The van der Waals surface area contributed by atoms with Gasteiger partial charge in [0.05, 0.1) is 6.61 Å². The van der Waals surface area contributed by atoms with Crippen LogP contribution in [0.25, 0.3) is 10.9 Å². The van der Waals surface area contributed by atoms with Crippen LogP contribution in [0.4, 0.5) is 0 Å². The van der Waals surface area contributed by atoms with Gasteiger partial charge in [0.2, 0.25) is 0 Å². The second kappa shape index (κ2) is 12.4. The molecule has 0 aliphatic rings. The zero-order valence-corrected chi connectivity index (χ0v) is 21.0. The number of hydrogen-bond donors (Lipinski definition) is 0. The van der Waals surface area contributed by atoms with Crippen molar-refractivity contribution in [1.29, 1.82) is 0 Å². The van der Waals surface area contributed by atoms with E-state index in [1.165, 1.54) is 10.9 Å². The third-order valence-electron chi connectivity index (χ3n) is 5.44. The minimum Gasteiger partial charge on any atom is -1.00 e. The Bertz CT molecular complexity index is 1170. The summed E-state index contributed by atoms with van der Waals surface area (Å²) in [5.74, 6) is 0.621. The zero-order chi connectivity index (χ0) is 22.2. The number of aromatic nitrogens is 2. The summed E-state index contributed by atoms with van der Waals surface area (Å²) in [4.78, 5) is 12.1. The lowest BCUT2D eigenvalue weighted by atomic mass is 10.2. The number of halogens is 1. The maximum Gasteiger partial charge on any atom is 0.344 e. The molecule has 4 aromatic rings. The van der Waals surface area contributed by atoms with Crippen LogP contribution in [-0.2, 0) is 24.9 Å². The van der Waals surface area contributed by atoms with Gasteiger partial charge in [-0.05, 0) is 55.2 Å². The molecule has 5 nitrogen and oxygen atoms in total. The molecule has 33 heavy (non-hydrogen) atoms. The van der Waals surface area contributed by atoms with Crippen molar-refractivity contribution >= 4 is 16.9 Å². The molecular weight excluding hydrogens is 527 g/mol. The zero-order valence-electron chi connectivity index (χ0n) is 18.8. The van der Waals surface area contributed by atoms with Gasteiger partial charge in [0.25, 0.3) is 0 Å². The predicted octanol–water partition coefficient (Wildman–Crippen LogP) is 2.08. The van der Waals surface area contributed by atoms with Gasteiger partial charge in [-0.25, -0.2) is 9.36 Å². The smallest absolute Gasteiger partial charge is 0.344 e. The van der Waals surface area contributed by atoms with Gasteiger partial charge < -0.3 is 38.0 Å². The van der Waals surface area contributed by atoms with E-state index < -0.39 is 0 Å². The average molecular weight is 556 g/mol. The minimum atomic E-state index is -0.261. The van der Waals surface area contributed by atoms with Crippen LogP contribution in [0, 0.1) is 0 Å². The molecule has 0 aliphatic carbocycles. The number of pyridine rings is 1. The summed E-state index contributed by atoms with van der Waals surface area (Å²) in [6.07, 6.45) is 8.70. The van der Waals surface area contributed by atoms with Gasteiger partial charge in [-0.3, -0.25) is 0 Å². The largest absolute Gasteiger partial charge is 1.00 e. The van der Waals surface area contributed by atoms with E-state index in [1.54, 1.807) is 12.3 Å². The highest BCUT2D eigenvalue weighted by Crippen LogP contribution is 2.23. The summed E-state index contributed by atoms with van der Waals surface area (Å²) < 4.78 is 15.4. The van der Waals surface area contributed by atoms with Crippen molar-refractivity contribution in [3.05, 3.63) is 96.4 Å². The summed E-state index contributed by atoms with van der Waals surface area (Å²) in [5, 5.41) is 1.18. The number of unbranched alkanes of at least 4 members (excludes halogenated alkanes) is 2. The average Bonchev–Trinajstić information content (AvgIpc) is 3.22. The third-order valence-corrected chi connectivity index (χ3v) is 5.44. The molecule has 2 aromatic heterocycles. The topological polar surface area (TPSA) is 44.3 Å². The standard InChI is InChI=1S/C27H29N2O3.HI/c1-28-15-8-11-24(20-28)27(30)31-18-7-3-6-16-29-17-14-23-19-25(12-13-26(23)29)32-21-22-9-4-2-5-10-22;/h2,4-5,8-15,17,19-20H,3,6-7,16,18,21H2,1H3;1H/q+1;/p-1. The monoisotopic (exact) mass is 556 g/mol. The Labute approximate surface area is 212 Å². The molecule has 0 unspecified atom stereocenters. The fourth-order valence-corrected chi connectivity index (χ4v) is 3.72. The molecule has 0 saturated carbocycles. The first kappa shape index (κ1) is 24.8. The van der Waals surface area contributed by atoms with Crippen LogP contribution in [-0.4, -0.2) is 17.1 Å². The Kier molecular flexibility index (Phi) is 9.30. The van der Waals surface area contributed by atoms with Crippen molar-refractivity contribution in [3.63, 3.8) is 0 Å². The van der Waals surface area contributed by atoms with Gasteiger partial charge in [-0.1, -0.05) is 30.3 Å². The molecule has 0 aliphatic heterocycles. The predicted molar refractivity (Wildman–Crippen MR) is 124 cm³/mol. The summed E-state index contributed by atoms with van der Waals surface area (Å²) in [6, 6.07) is 22.2. The highest BCUT2D eigenvalue weighted by atomic mass is 127. The number of benzene rings is 2. The van der Waals surface area contributed by atoms with Crippen LogP contribution < -0.4 is 33.3 Å². The number of fused-ring (bicyclic) bond motifs is 1. The van der Waals surface area contributed by atoms with Crippen molar-refractivity contribution in [3.8, 4) is 5.75 Å². The normalized spacial score (nSPS) is 10.6. The maximum absolute atomic E-state index is 12.1. The lowest BCUT2D eigenvalue weighted by Gasteiger charge is -2.08. The number of aryl methyl sites for hydroxylation is 2. The van der Waals surface area contributed by atoms with Gasteiger partial charge in [-0.2, -0.15) is 0 Å². The molecule has 2 aromatic carbocycles. The first-order chi connectivity index (χ1) is 15.7. The Morgan fingerprint density at radius 2 is 1.82 bits per heavy atom. The van der Waals surface area contributed by atoms with E-state index >= 15 is 0 Å². The molecule has 0 atom stereocenters. The molecule has 4 rings (SSSR count). The Morgan fingerprint density at radius 3 is 2.64 bits per heavy atom. The van der Waals surface area contributed by atoms with Crippen molar-refractivity contribution in [2.24, 2.45) is 7.05 Å². The van der Waals surface area contributed by atoms with E-state index in [4.69, 9.17) is 9.47 Å². The van der Waals surface area contributed by atoms with Crippen molar-refractivity contribution in [2.75, 3.05) is 6.61 Å². The molecular formula is C27H29IN2O3. The lowest BCUT2D eigenvalue weighted by molar-refractivity contribution is -0.671. The third kappa shape index (κ3) is 7.05. The molecule has 172 valence electrons. The Morgan fingerprint density at radius 1 is 0.970 bits per heavy atom. The Hall–Kier alpha value is -2.87. The summed E-state index contributed by atoms with van der Waals surface area (Å²) in [7, 11) is 1.89. The lowest BCUT2D eigenvalue weighted by Crippen LogP contribution is -3.00. The highest BCUT2D eigenvalue weighted by molar-refractivity contribution is 5.88. The number of carbonyl (C=O) groups excluding carboxylic acids is 1. The van der Waals surface area contributed by atoms with Crippen LogP contribution in [0.2, 0.25) is 0 Å². The molecule has 0 radical (unpaired) electrons. The van der Waals surface area contributed by atoms with Crippen LogP contribution >= 0.6 is 0 Å². The van der Waals surface area contributed by atoms with Crippen LogP contribution in [0.3, 0.4) is 0 Å². The number of rotatable bonds is 10. The van der Waals surface area contributed by atoms with E-state index in [-0.39, 0.29) is 29.9 Å². The molecule has 0 spiro atoms. The van der Waals surface area contributed by atoms with E-state index in [0.29, 0.717) is 18.8 Å². The SMILES string of the molecule is C[n+]1cccc(C(=O)OCCCCCn2ccc3cc(OCc4ccccc4)ccc32)c1.[I-]. The van der Waals surface area contributed by atoms with E-state index in [9.17, 15) is 4.79 Å². The Balaban J connectivity index is 0.00000306. The molecule has 6 heteroatoms. The second-order valence-corrected chi connectivity index (χ2v) is 7.96. The van der Waals surface area contributed by atoms with Gasteiger partial charge in [-0.15, -0.1) is 0 Å². The summed E-state index contributed by atoms with van der Waals surface area (Å²) in [6.45, 7) is 1.96. The molecule has 0 bridgehead atoms. The van der Waals surface area contributed by atoms with Gasteiger partial charge in [0, 0.05) is 29.7 Å². The fourth-order valence-electron chi connectivity index (χ4n) is 3.72. The number of hydrogen-bond acceptors (Lipinski definition) is 3. The molecule has 0 amide bonds.